The first-order valence-corrected chi connectivity index (χ1v) is 11.1. The highest BCUT2D eigenvalue weighted by Crippen LogP contribution is 2.32. The second-order valence-corrected chi connectivity index (χ2v) is 8.95. The van der Waals surface area contributed by atoms with Crippen LogP contribution in [-0.4, -0.2) is 63.8 Å². The van der Waals surface area contributed by atoms with Gasteiger partial charge in [0.25, 0.3) is 0 Å². The van der Waals surface area contributed by atoms with Gasteiger partial charge in [0.15, 0.2) is 0 Å². The van der Waals surface area contributed by atoms with Gasteiger partial charge in [0.2, 0.25) is 11.8 Å². The van der Waals surface area contributed by atoms with Gasteiger partial charge in [-0.3, -0.25) is 14.5 Å². The number of aryl methyl sites for hydroxylation is 2. The van der Waals surface area contributed by atoms with E-state index in [-0.39, 0.29) is 11.8 Å². The minimum absolute atomic E-state index is 0.0285. The zero-order chi connectivity index (χ0) is 20.4. The van der Waals surface area contributed by atoms with Gasteiger partial charge in [0, 0.05) is 43.0 Å². The van der Waals surface area contributed by atoms with Gasteiger partial charge < -0.3 is 10.2 Å². The maximum absolute atomic E-state index is 12.7. The van der Waals surface area contributed by atoms with Crippen LogP contribution in [0.3, 0.4) is 0 Å². The number of likely N-dealkylation sites (tertiary alicyclic amines) is 2. The number of nitrogens with one attached hydrogen (secondary N) is 1. The zero-order valence-electron chi connectivity index (χ0n) is 17.7. The molecule has 1 unspecified atom stereocenters. The Morgan fingerprint density at radius 1 is 1.00 bits per heavy atom. The largest absolute Gasteiger partial charge is 0.349 e. The van der Waals surface area contributed by atoms with E-state index in [9.17, 15) is 9.59 Å². The van der Waals surface area contributed by atoms with Gasteiger partial charge in [-0.05, 0) is 65.0 Å². The molecule has 0 radical (unpaired) electrons. The van der Waals surface area contributed by atoms with Crippen LogP contribution in [-0.2, 0) is 16.1 Å². The molecule has 1 aliphatic carbocycles. The minimum atomic E-state index is 0.0285. The normalized spacial score (nSPS) is 23.8. The smallest absolute Gasteiger partial charge is 0.225 e. The second-order valence-electron chi connectivity index (χ2n) is 8.95. The number of hydrogen-bond donors (Lipinski definition) is 1. The van der Waals surface area contributed by atoms with Crippen LogP contribution in [0, 0.1) is 25.7 Å². The molecule has 3 heterocycles. The Morgan fingerprint density at radius 3 is 2.34 bits per heavy atom. The lowest BCUT2D eigenvalue weighted by atomic mass is 9.93. The van der Waals surface area contributed by atoms with Crippen LogP contribution in [0.15, 0.2) is 6.07 Å². The molecular weight excluding hydrogens is 366 g/mol. The summed E-state index contributed by atoms with van der Waals surface area (Å²) in [7, 11) is 0. The maximum atomic E-state index is 12.7. The van der Waals surface area contributed by atoms with Crippen molar-refractivity contribution in [3.63, 3.8) is 0 Å². The second kappa shape index (κ2) is 8.78. The van der Waals surface area contributed by atoms with E-state index in [4.69, 9.17) is 0 Å². The fourth-order valence-electron chi connectivity index (χ4n) is 4.78. The molecule has 1 aromatic heterocycles. The van der Waals surface area contributed by atoms with Gasteiger partial charge in [0.1, 0.15) is 5.82 Å². The molecule has 158 valence electrons. The molecule has 2 saturated heterocycles. The third-order valence-corrected chi connectivity index (χ3v) is 6.49. The number of carbonyl (C=O) groups is 2. The molecule has 3 aliphatic rings. The molecule has 1 aromatic rings. The van der Waals surface area contributed by atoms with E-state index in [2.05, 4.69) is 25.1 Å². The summed E-state index contributed by atoms with van der Waals surface area (Å²) in [6.45, 7) is 7.91. The van der Waals surface area contributed by atoms with Crippen molar-refractivity contribution in [2.75, 3.05) is 26.2 Å². The first-order valence-electron chi connectivity index (χ1n) is 11.1. The van der Waals surface area contributed by atoms with Crippen molar-refractivity contribution >= 4 is 11.8 Å². The SMILES string of the molecule is Cc1cc(C)nc(CNC(=O)C2CCCN(C3CCN(C(=O)C4CC4)CC3)C2)n1. The Kier molecular flexibility index (Phi) is 6.13. The van der Waals surface area contributed by atoms with Crippen molar-refractivity contribution < 1.29 is 9.59 Å². The van der Waals surface area contributed by atoms with Crippen LogP contribution in [0.2, 0.25) is 0 Å². The molecule has 3 fully saturated rings. The van der Waals surface area contributed by atoms with E-state index in [1.54, 1.807) is 0 Å². The first-order chi connectivity index (χ1) is 14.0. The Hall–Kier alpha value is -2.02. The Labute approximate surface area is 173 Å². The van der Waals surface area contributed by atoms with Gasteiger partial charge >= 0.3 is 0 Å². The van der Waals surface area contributed by atoms with Crippen LogP contribution in [0.1, 0.15) is 55.7 Å². The quantitative estimate of drug-likeness (QED) is 0.817. The van der Waals surface area contributed by atoms with Crippen LogP contribution in [0.4, 0.5) is 0 Å². The van der Waals surface area contributed by atoms with E-state index in [1.807, 2.05) is 19.9 Å². The topological polar surface area (TPSA) is 78.4 Å². The van der Waals surface area contributed by atoms with Crippen LogP contribution >= 0.6 is 0 Å². The first kappa shape index (κ1) is 20.3. The molecule has 1 N–H and O–H groups in total. The van der Waals surface area contributed by atoms with Gasteiger partial charge in [-0.1, -0.05) is 0 Å². The molecule has 1 atom stereocenters. The molecule has 29 heavy (non-hydrogen) atoms. The third-order valence-electron chi connectivity index (χ3n) is 6.49. The van der Waals surface area contributed by atoms with Crippen LogP contribution in [0.25, 0.3) is 0 Å². The number of aromatic nitrogens is 2. The van der Waals surface area contributed by atoms with Crippen molar-refractivity contribution in [1.82, 2.24) is 25.1 Å². The molecule has 7 nitrogen and oxygen atoms in total. The van der Waals surface area contributed by atoms with E-state index in [0.29, 0.717) is 30.2 Å². The van der Waals surface area contributed by atoms with Crippen molar-refractivity contribution in [2.45, 2.75) is 65.0 Å². The third kappa shape index (κ3) is 5.13. The fraction of sp³-hybridized carbons (Fsp3) is 0.727. The summed E-state index contributed by atoms with van der Waals surface area (Å²) in [6, 6.07) is 2.44. The molecule has 2 aliphatic heterocycles. The monoisotopic (exact) mass is 399 g/mol. The van der Waals surface area contributed by atoms with Crippen molar-refractivity contribution in [2.24, 2.45) is 11.8 Å². The molecule has 1 saturated carbocycles. The maximum Gasteiger partial charge on any atom is 0.225 e. The Morgan fingerprint density at radius 2 is 1.69 bits per heavy atom. The highest BCUT2D eigenvalue weighted by molar-refractivity contribution is 5.81. The average molecular weight is 400 g/mol. The molecule has 4 rings (SSSR count). The molecule has 7 heteroatoms. The predicted molar refractivity (Wildman–Crippen MR) is 110 cm³/mol. The summed E-state index contributed by atoms with van der Waals surface area (Å²) in [6.07, 6.45) is 6.21. The van der Waals surface area contributed by atoms with Crippen molar-refractivity contribution in [3.05, 3.63) is 23.3 Å². The lowest BCUT2D eigenvalue weighted by Crippen LogP contribution is -2.51. The average Bonchev–Trinajstić information content (AvgIpc) is 3.56. The number of carbonyl (C=O) groups excluding carboxylic acids is 2. The number of amides is 2. The summed E-state index contributed by atoms with van der Waals surface area (Å²) >= 11 is 0. The van der Waals surface area contributed by atoms with E-state index >= 15 is 0 Å². The molecular formula is C22H33N5O2. The number of nitrogens with zero attached hydrogens (tertiary/aromatic N) is 4. The highest BCUT2D eigenvalue weighted by atomic mass is 16.2. The molecule has 2 amide bonds. The lowest BCUT2D eigenvalue weighted by Gasteiger charge is -2.42. The van der Waals surface area contributed by atoms with E-state index < -0.39 is 0 Å². The summed E-state index contributed by atoms with van der Waals surface area (Å²) in [5.74, 6) is 1.50. The highest BCUT2D eigenvalue weighted by Gasteiger charge is 2.37. The van der Waals surface area contributed by atoms with Crippen LogP contribution in [0.5, 0.6) is 0 Å². The standard InChI is InChI=1S/C22H33N5O2/c1-15-12-16(2)25-20(24-15)13-23-21(28)18-4-3-9-27(14-18)19-7-10-26(11-8-19)22(29)17-5-6-17/h12,17-19H,3-11,13-14H2,1-2H3,(H,23,28). The summed E-state index contributed by atoms with van der Waals surface area (Å²) in [4.78, 5) is 38.4. The molecule has 0 aromatic carbocycles. The number of hydrogen-bond acceptors (Lipinski definition) is 5. The summed E-state index contributed by atoms with van der Waals surface area (Å²) in [5.41, 5.74) is 1.86. The number of rotatable bonds is 5. The minimum Gasteiger partial charge on any atom is -0.349 e. The molecule has 0 bridgehead atoms. The summed E-state index contributed by atoms with van der Waals surface area (Å²) in [5, 5.41) is 3.04. The summed E-state index contributed by atoms with van der Waals surface area (Å²) < 4.78 is 0. The van der Waals surface area contributed by atoms with Crippen molar-refractivity contribution in [3.8, 4) is 0 Å². The Bertz CT molecular complexity index is 735. The lowest BCUT2D eigenvalue weighted by molar-refractivity contribution is -0.134. The van der Waals surface area contributed by atoms with Crippen LogP contribution < -0.4 is 5.32 Å². The number of piperidine rings is 2. The van der Waals surface area contributed by atoms with Gasteiger partial charge in [0.05, 0.1) is 12.5 Å². The van der Waals surface area contributed by atoms with E-state index in [0.717, 1.165) is 76.1 Å². The molecule has 0 spiro atoms. The fourth-order valence-corrected chi connectivity index (χ4v) is 4.78. The Balaban J connectivity index is 1.25. The zero-order valence-corrected chi connectivity index (χ0v) is 17.7. The van der Waals surface area contributed by atoms with Gasteiger partial charge in [-0.2, -0.15) is 0 Å². The van der Waals surface area contributed by atoms with E-state index in [1.165, 1.54) is 0 Å². The van der Waals surface area contributed by atoms with Crippen molar-refractivity contribution in [1.29, 1.82) is 0 Å². The predicted octanol–water partition coefficient (Wildman–Crippen LogP) is 1.82. The van der Waals surface area contributed by atoms with Gasteiger partial charge in [-0.25, -0.2) is 9.97 Å². The van der Waals surface area contributed by atoms with Gasteiger partial charge in [-0.15, -0.1) is 0 Å².